The summed E-state index contributed by atoms with van der Waals surface area (Å²) in [4.78, 5) is 0. The molecule has 0 spiro atoms. The minimum Gasteiger partial charge on any atom is -0.198 e. The normalized spacial score (nSPS) is 34.9. The summed E-state index contributed by atoms with van der Waals surface area (Å²) in [6, 6.07) is 2.76. The summed E-state index contributed by atoms with van der Waals surface area (Å²) in [6.45, 7) is 4.56. The van der Waals surface area contributed by atoms with Crippen LogP contribution in [0.1, 0.15) is 110 Å². The van der Waals surface area contributed by atoms with Crippen molar-refractivity contribution in [3.63, 3.8) is 0 Å². The van der Waals surface area contributed by atoms with Gasteiger partial charge < -0.3 is 0 Å². The Bertz CT molecular complexity index is 361. The van der Waals surface area contributed by atoms with E-state index in [0.29, 0.717) is 0 Å². The van der Waals surface area contributed by atoms with Crippen LogP contribution in [-0.2, 0) is 0 Å². The Morgan fingerprint density at radius 1 is 0.913 bits per heavy atom. The molecule has 0 aromatic carbocycles. The average molecular weight is 318 g/mol. The molecule has 2 aliphatic carbocycles. The molecule has 0 aromatic heterocycles. The summed E-state index contributed by atoms with van der Waals surface area (Å²) in [5.74, 6) is 2.81. The molecule has 0 N–H and O–H groups in total. The lowest BCUT2D eigenvalue weighted by atomic mass is 9.62. The van der Waals surface area contributed by atoms with Gasteiger partial charge in [0.05, 0.1) is 11.5 Å². The Morgan fingerprint density at radius 2 is 1.65 bits per heavy atom. The topological polar surface area (TPSA) is 23.8 Å². The van der Waals surface area contributed by atoms with E-state index in [-0.39, 0.29) is 5.41 Å². The number of hydrogen-bond donors (Lipinski definition) is 0. The zero-order valence-electron chi connectivity index (χ0n) is 15.8. The minimum atomic E-state index is 0.0386. The molecule has 0 heterocycles. The van der Waals surface area contributed by atoms with Crippen LogP contribution in [0.4, 0.5) is 0 Å². The second-order valence-corrected chi connectivity index (χ2v) is 8.63. The summed E-state index contributed by atoms with van der Waals surface area (Å²) in [5.41, 5.74) is 0.0386. The lowest BCUT2D eigenvalue weighted by Gasteiger charge is -2.42. The highest BCUT2D eigenvalue weighted by molar-refractivity contribution is 5.03. The monoisotopic (exact) mass is 317 g/mol. The van der Waals surface area contributed by atoms with Crippen LogP contribution in [0.2, 0.25) is 0 Å². The van der Waals surface area contributed by atoms with Crippen LogP contribution in [0.3, 0.4) is 0 Å². The smallest absolute Gasteiger partial charge is 0.0689 e. The van der Waals surface area contributed by atoms with E-state index in [2.05, 4.69) is 19.9 Å². The van der Waals surface area contributed by atoms with Crippen LogP contribution in [0.5, 0.6) is 0 Å². The summed E-state index contributed by atoms with van der Waals surface area (Å²) in [6.07, 6.45) is 20.3. The zero-order valence-corrected chi connectivity index (χ0v) is 15.8. The molecule has 2 rings (SSSR count). The third-order valence-electron chi connectivity index (χ3n) is 6.90. The molecule has 0 radical (unpaired) electrons. The van der Waals surface area contributed by atoms with Gasteiger partial charge in [0.2, 0.25) is 0 Å². The van der Waals surface area contributed by atoms with Gasteiger partial charge in [-0.05, 0) is 49.9 Å². The molecule has 2 atom stereocenters. The van der Waals surface area contributed by atoms with Crippen molar-refractivity contribution in [2.24, 2.45) is 23.2 Å². The van der Waals surface area contributed by atoms with E-state index in [4.69, 9.17) is 0 Å². The van der Waals surface area contributed by atoms with Gasteiger partial charge in [-0.15, -0.1) is 0 Å². The van der Waals surface area contributed by atoms with Crippen molar-refractivity contribution in [3.05, 3.63) is 0 Å². The molecule has 0 saturated heterocycles. The first-order valence-electron chi connectivity index (χ1n) is 10.6. The van der Waals surface area contributed by atoms with E-state index in [9.17, 15) is 5.26 Å². The Labute approximate surface area is 145 Å². The van der Waals surface area contributed by atoms with Crippen LogP contribution in [-0.4, -0.2) is 0 Å². The molecular formula is C22H39N. The first-order chi connectivity index (χ1) is 11.2. The molecule has 0 bridgehead atoms. The lowest BCUT2D eigenvalue weighted by molar-refractivity contribution is 0.102. The second kappa shape index (κ2) is 9.71. The maximum absolute atomic E-state index is 9.80. The summed E-state index contributed by atoms with van der Waals surface area (Å²) in [5, 5.41) is 9.80. The van der Waals surface area contributed by atoms with Gasteiger partial charge in [-0.25, -0.2) is 0 Å². The number of hydrogen-bond acceptors (Lipinski definition) is 1. The number of nitriles is 1. The van der Waals surface area contributed by atoms with Gasteiger partial charge >= 0.3 is 0 Å². The fourth-order valence-electron chi connectivity index (χ4n) is 5.34. The van der Waals surface area contributed by atoms with Gasteiger partial charge in [-0.3, -0.25) is 0 Å². The third kappa shape index (κ3) is 5.51. The molecule has 23 heavy (non-hydrogen) atoms. The maximum atomic E-state index is 9.80. The molecule has 132 valence electrons. The molecule has 0 amide bonds. The predicted octanol–water partition coefficient (Wildman–Crippen LogP) is 7.26. The Hall–Kier alpha value is -0.510. The average Bonchev–Trinajstić information content (AvgIpc) is 2.61. The van der Waals surface area contributed by atoms with Crippen molar-refractivity contribution in [1.29, 1.82) is 5.26 Å². The van der Waals surface area contributed by atoms with Crippen LogP contribution in [0.15, 0.2) is 0 Å². The molecule has 1 heteroatoms. The highest BCUT2D eigenvalue weighted by atomic mass is 14.5. The molecule has 0 aromatic rings. The minimum absolute atomic E-state index is 0.0386. The molecule has 1 nitrogen and oxygen atoms in total. The molecule has 0 aliphatic heterocycles. The van der Waals surface area contributed by atoms with Crippen LogP contribution in [0, 0.1) is 34.5 Å². The van der Waals surface area contributed by atoms with Crippen molar-refractivity contribution >= 4 is 0 Å². The van der Waals surface area contributed by atoms with Gasteiger partial charge in [0.1, 0.15) is 0 Å². The van der Waals surface area contributed by atoms with E-state index in [1.807, 2.05) is 0 Å². The van der Waals surface area contributed by atoms with Gasteiger partial charge in [-0.2, -0.15) is 5.26 Å². The fraction of sp³-hybridized carbons (Fsp3) is 0.955. The summed E-state index contributed by atoms with van der Waals surface area (Å²) < 4.78 is 0. The van der Waals surface area contributed by atoms with E-state index < -0.39 is 0 Å². The quantitative estimate of drug-likeness (QED) is 0.432. The highest BCUT2D eigenvalue weighted by Gasteiger charge is 2.39. The van der Waals surface area contributed by atoms with E-state index in [1.54, 1.807) is 0 Å². The van der Waals surface area contributed by atoms with Crippen LogP contribution in [0.25, 0.3) is 0 Å². The molecule has 2 unspecified atom stereocenters. The van der Waals surface area contributed by atoms with Gasteiger partial charge in [0.15, 0.2) is 0 Å². The van der Waals surface area contributed by atoms with Crippen molar-refractivity contribution in [2.45, 2.75) is 110 Å². The van der Waals surface area contributed by atoms with E-state index in [1.165, 1.54) is 89.9 Å². The van der Waals surface area contributed by atoms with Crippen molar-refractivity contribution < 1.29 is 0 Å². The zero-order chi connectivity index (χ0) is 16.5. The Balaban J connectivity index is 1.80. The van der Waals surface area contributed by atoms with E-state index in [0.717, 1.165) is 24.2 Å². The fourth-order valence-corrected chi connectivity index (χ4v) is 5.34. The Kier molecular flexibility index (Phi) is 7.94. The van der Waals surface area contributed by atoms with E-state index >= 15 is 0 Å². The highest BCUT2D eigenvalue weighted by Crippen LogP contribution is 2.48. The third-order valence-corrected chi connectivity index (χ3v) is 6.90. The van der Waals surface area contributed by atoms with Crippen molar-refractivity contribution in [3.8, 4) is 6.07 Å². The van der Waals surface area contributed by atoms with Gasteiger partial charge in [0.25, 0.3) is 0 Å². The number of nitrogens with zero attached hydrogens (tertiary/aromatic N) is 1. The SMILES string of the molecule is CCCCC[C@H]1CC[C@H](C2CCCC(C#N)(CCCC)C2)CC1. The molecule has 2 saturated carbocycles. The maximum Gasteiger partial charge on any atom is 0.0689 e. The van der Waals surface area contributed by atoms with Crippen LogP contribution >= 0.6 is 0 Å². The first-order valence-corrected chi connectivity index (χ1v) is 10.6. The van der Waals surface area contributed by atoms with Crippen molar-refractivity contribution in [1.82, 2.24) is 0 Å². The second-order valence-electron chi connectivity index (χ2n) is 8.63. The standard InChI is InChI=1S/C22H39N/c1-3-5-7-9-19-11-13-20(14-12-19)21-10-8-16-22(17-21,18-23)15-6-4-2/h19-21H,3-17H2,1-2H3/t19-,20-,21?,22?. The van der Waals surface area contributed by atoms with Crippen molar-refractivity contribution in [2.75, 3.05) is 0 Å². The molecule has 2 fully saturated rings. The number of unbranched alkanes of at least 4 members (excludes halogenated alkanes) is 3. The summed E-state index contributed by atoms with van der Waals surface area (Å²) >= 11 is 0. The molecule has 2 aliphatic rings. The largest absolute Gasteiger partial charge is 0.198 e. The molecular weight excluding hydrogens is 278 g/mol. The van der Waals surface area contributed by atoms with Gasteiger partial charge in [0, 0.05) is 0 Å². The lowest BCUT2D eigenvalue weighted by Crippen LogP contribution is -2.32. The van der Waals surface area contributed by atoms with Crippen LogP contribution < -0.4 is 0 Å². The first kappa shape index (κ1) is 18.8. The Morgan fingerprint density at radius 3 is 2.30 bits per heavy atom. The summed E-state index contributed by atoms with van der Waals surface area (Å²) in [7, 11) is 0. The van der Waals surface area contributed by atoms with Gasteiger partial charge in [-0.1, -0.05) is 78.1 Å². The predicted molar refractivity (Wildman–Crippen MR) is 99.1 cm³/mol. The number of rotatable bonds is 8.